The summed E-state index contributed by atoms with van der Waals surface area (Å²) in [6.45, 7) is 4.05. The van der Waals surface area contributed by atoms with E-state index in [1.807, 2.05) is 24.3 Å². The molecule has 0 aromatic heterocycles. The Labute approximate surface area is 119 Å². The molecule has 1 aliphatic rings. The van der Waals surface area contributed by atoms with Gasteiger partial charge in [0.15, 0.2) is 0 Å². The predicted octanol–water partition coefficient (Wildman–Crippen LogP) is 1.65. The molecule has 5 nitrogen and oxygen atoms in total. The van der Waals surface area contributed by atoms with E-state index in [1.165, 1.54) is 0 Å². The molecular weight excluding hydrogens is 256 g/mol. The van der Waals surface area contributed by atoms with Crippen LogP contribution in [0.4, 0.5) is 5.69 Å². The van der Waals surface area contributed by atoms with Crippen molar-refractivity contribution < 1.29 is 14.3 Å². The lowest BCUT2D eigenvalue weighted by atomic mass is 10.0. The number of para-hydroxylation sites is 2. The summed E-state index contributed by atoms with van der Waals surface area (Å²) in [5.41, 5.74) is 0.696. The molecule has 1 heterocycles. The van der Waals surface area contributed by atoms with Crippen LogP contribution in [-0.2, 0) is 9.53 Å². The predicted molar refractivity (Wildman–Crippen MR) is 78.0 cm³/mol. The summed E-state index contributed by atoms with van der Waals surface area (Å²) in [5, 5.41) is 6.29. The molecule has 2 rings (SSSR count). The van der Waals surface area contributed by atoms with Crippen LogP contribution in [0.1, 0.15) is 13.3 Å². The van der Waals surface area contributed by atoms with Gasteiger partial charge in [-0.25, -0.2) is 0 Å². The fraction of sp³-hybridized carbons (Fsp3) is 0.533. The zero-order valence-corrected chi connectivity index (χ0v) is 12.0. The number of hydrogen-bond donors (Lipinski definition) is 2. The molecule has 110 valence electrons. The highest BCUT2D eigenvalue weighted by atomic mass is 16.5. The van der Waals surface area contributed by atoms with Crippen molar-refractivity contribution in [2.45, 2.75) is 19.4 Å². The Hall–Kier alpha value is -1.59. The molecule has 1 fully saturated rings. The van der Waals surface area contributed by atoms with E-state index in [4.69, 9.17) is 9.47 Å². The van der Waals surface area contributed by atoms with Gasteiger partial charge in [-0.1, -0.05) is 19.1 Å². The summed E-state index contributed by atoms with van der Waals surface area (Å²) in [4.78, 5) is 12.4. The normalized spacial score (nSPS) is 21.7. The first-order chi connectivity index (χ1) is 9.76. The van der Waals surface area contributed by atoms with Crippen LogP contribution in [0.15, 0.2) is 24.3 Å². The molecule has 1 amide bonds. The molecule has 2 unspecified atom stereocenters. The van der Waals surface area contributed by atoms with Crippen LogP contribution in [0.3, 0.4) is 0 Å². The summed E-state index contributed by atoms with van der Waals surface area (Å²) in [7, 11) is 1.59. The molecule has 0 radical (unpaired) electrons. The average Bonchev–Trinajstić information content (AvgIpc) is 2.94. The Morgan fingerprint density at radius 1 is 1.40 bits per heavy atom. The maximum Gasteiger partial charge on any atom is 0.231 e. The Bertz CT molecular complexity index is 450. The van der Waals surface area contributed by atoms with E-state index in [9.17, 15) is 4.79 Å². The third kappa shape index (κ3) is 3.49. The van der Waals surface area contributed by atoms with Crippen LogP contribution >= 0.6 is 0 Å². The monoisotopic (exact) mass is 278 g/mol. The smallest absolute Gasteiger partial charge is 0.231 e. The summed E-state index contributed by atoms with van der Waals surface area (Å²) in [6.07, 6.45) is 1.04. The van der Waals surface area contributed by atoms with E-state index in [-0.39, 0.29) is 17.9 Å². The Morgan fingerprint density at radius 2 is 2.20 bits per heavy atom. The van der Waals surface area contributed by atoms with Crippen LogP contribution in [0.25, 0.3) is 0 Å². The number of hydrogen-bond acceptors (Lipinski definition) is 4. The molecule has 2 N–H and O–H groups in total. The molecule has 0 bridgehead atoms. The summed E-state index contributed by atoms with van der Waals surface area (Å²) < 4.78 is 10.7. The van der Waals surface area contributed by atoms with Crippen LogP contribution in [0.5, 0.6) is 5.75 Å². The Morgan fingerprint density at radius 3 is 2.95 bits per heavy atom. The Balaban J connectivity index is 2.00. The van der Waals surface area contributed by atoms with Crippen molar-refractivity contribution in [3.63, 3.8) is 0 Å². The number of anilines is 1. The third-order valence-corrected chi connectivity index (χ3v) is 3.44. The summed E-state index contributed by atoms with van der Waals surface area (Å²) >= 11 is 0. The lowest BCUT2D eigenvalue weighted by Crippen LogP contribution is -2.41. The second-order valence-electron chi connectivity index (χ2n) is 4.89. The van der Waals surface area contributed by atoms with Gasteiger partial charge in [-0.15, -0.1) is 0 Å². The van der Waals surface area contributed by atoms with Gasteiger partial charge < -0.3 is 20.1 Å². The van der Waals surface area contributed by atoms with E-state index in [2.05, 4.69) is 17.6 Å². The minimum Gasteiger partial charge on any atom is -0.495 e. The minimum absolute atomic E-state index is 0.0272. The number of methoxy groups -OCH3 is 1. The van der Waals surface area contributed by atoms with Crippen molar-refractivity contribution in [1.82, 2.24) is 5.32 Å². The first kappa shape index (κ1) is 14.8. The van der Waals surface area contributed by atoms with Crippen LogP contribution in [0, 0.1) is 5.92 Å². The molecule has 1 saturated heterocycles. The first-order valence-electron chi connectivity index (χ1n) is 7.01. The highest BCUT2D eigenvalue weighted by Crippen LogP contribution is 2.25. The summed E-state index contributed by atoms with van der Waals surface area (Å²) in [6, 6.07) is 7.49. The molecule has 1 aliphatic heterocycles. The van der Waals surface area contributed by atoms with E-state index in [0.29, 0.717) is 24.7 Å². The van der Waals surface area contributed by atoms with Crippen molar-refractivity contribution in [2.75, 3.05) is 32.2 Å². The second kappa shape index (κ2) is 7.26. The number of carbonyl (C=O) groups is 1. The van der Waals surface area contributed by atoms with Gasteiger partial charge in [0.25, 0.3) is 0 Å². The van der Waals surface area contributed by atoms with Gasteiger partial charge in [0.1, 0.15) is 5.75 Å². The van der Waals surface area contributed by atoms with E-state index in [1.54, 1.807) is 7.11 Å². The maximum absolute atomic E-state index is 12.4. The quantitative estimate of drug-likeness (QED) is 0.830. The second-order valence-corrected chi connectivity index (χ2v) is 4.89. The van der Waals surface area contributed by atoms with Crippen LogP contribution < -0.4 is 15.4 Å². The largest absolute Gasteiger partial charge is 0.495 e. The topological polar surface area (TPSA) is 59.6 Å². The number of amides is 1. The van der Waals surface area contributed by atoms with Crippen molar-refractivity contribution in [1.29, 1.82) is 0 Å². The fourth-order valence-electron chi connectivity index (χ4n) is 2.32. The number of benzene rings is 1. The van der Waals surface area contributed by atoms with Crippen molar-refractivity contribution in [2.24, 2.45) is 5.92 Å². The molecular formula is C15H22N2O3. The van der Waals surface area contributed by atoms with Crippen LogP contribution in [0.2, 0.25) is 0 Å². The van der Waals surface area contributed by atoms with E-state index in [0.717, 1.165) is 13.0 Å². The molecule has 20 heavy (non-hydrogen) atoms. The van der Waals surface area contributed by atoms with Gasteiger partial charge >= 0.3 is 0 Å². The fourth-order valence-corrected chi connectivity index (χ4v) is 2.32. The van der Waals surface area contributed by atoms with Gasteiger partial charge in [-0.2, -0.15) is 0 Å². The van der Waals surface area contributed by atoms with E-state index >= 15 is 0 Å². The molecule has 0 aliphatic carbocycles. The zero-order valence-electron chi connectivity index (χ0n) is 12.0. The molecule has 0 saturated carbocycles. The minimum atomic E-state index is -0.161. The zero-order chi connectivity index (χ0) is 14.4. The number of rotatable bonds is 6. The van der Waals surface area contributed by atoms with E-state index < -0.39 is 0 Å². The number of ether oxygens (including phenoxy) is 2. The molecule has 1 aromatic carbocycles. The molecule has 2 atom stereocenters. The van der Waals surface area contributed by atoms with Gasteiger partial charge in [0, 0.05) is 6.04 Å². The molecule has 0 spiro atoms. The van der Waals surface area contributed by atoms with Crippen LogP contribution in [-0.4, -0.2) is 38.8 Å². The van der Waals surface area contributed by atoms with Gasteiger partial charge in [0.2, 0.25) is 5.91 Å². The lowest BCUT2D eigenvalue weighted by molar-refractivity contribution is -0.120. The highest BCUT2D eigenvalue weighted by Gasteiger charge is 2.33. The molecule has 5 heteroatoms. The highest BCUT2D eigenvalue weighted by molar-refractivity contribution is 5.94. The maximum atomic E-state index is 12.4. The standard InChI is InChI=1S/C15H22N2O3/c1-3-8-16-13-10-20-9-11(13)15(18)17-12-6-4-5-7-14(12)19-2/h4-7,11,13,16H,3,8-10H2,1-2H3,(H,17,18). The van der Waals surface area contributed by atoms with Gasteiger partial charge in [-0.3, -0.25) is 4.79 Å². The third-order valence-electron chi connectivity index (χ3n) is 3.44. The van der Waals surface area contributed by atoms with Crippen molar-refractivity contribution >= 4 is 11.6 Å². The molecule has 1 aromatic rings. The summed E-state index contributed by atoms with van der Waals surface area (Å²) in [5.74, 6) is 0.477. The Kier molecular flexibility index (Phi) is 5.38. The lowest BCUT2D eigenvalue weighted by Gasteiger charge is -2.19. The number of carbonyl (C=O) groups excluding carboxylic acids is 1. The SMILES string of the molecule is CCCNC1COCC1C(=O)Nc1ccccc1OC. The van der Waals surface area contributed by atoms with Gasteiger partial charge in [-0.05, 0) is 25.1 Å². The number of nitrogens with one attached hydrogen (secondary N) is 2. The first-order valence-corrected chi connectivity index (χ1v) is 7.01. The average molecular weight is 278 g/mol. The van der Waals surface area contributed by atoms with Crippen molar-refractivity contribution in [3.8, 4) is 5.75 Å². The van der Waals surface area contributed by atoms with Gasteiger partial charge in [0.05, 0.1) is 31.9 Å². The van der Waals surface area contributed by atoms with Crippen molar-refractivity contribution in [3.05, 3.63) is 24.3 Å².